The first-order chi connectivity index (χ1) is 17.2. The van der Waals surface area contributed by atoms with E-state index in [0.29, 0.717) is 36.1 Å². The average molecular weight is 497 g/mol. The second-order valence-electron chi connectivity index (χ2n) is 10.9. The molecule has 1 aromatic carbocycles. The fourth-order valence-electron chi connectivity index (χ4n) is 5.59. The highest BCUT2D eigenvalue weighted by atomic mass is 16.5. The maximum Gasteiger partial charge on any atom is 0.273 e. The predicted octanol–water partition coefficient (Wildman–Crippen LogP) is 4.71. The van der Waals surface area contributed by atoms with Gasteiger partial charge in [0, 0.05) is 24.9 Å². The zero-order chi connectivity index (χ0) is 26.0. The number of hydrogen-bond acceptors (Lipinski definition) is 4. The lowest BCUT2D eigenvalue weighted by Gasteiger charge is -2.45. The second-order valence-corrected chi connectivity index (χ2v) is 10.9. The van der Waals surface area contributed by atoms with Gasteiger partial charge in [0.2, 0.25) is 11.8 Å². The molecule has 4 rings (SSSR count). The van der Waals surface area contributed by atoms with Crippen LogP contribution in [0.3, 0.4) is 0 Å². The number of anilines is 1. The number of hydrogen-bond donors (Lipinski definition) is 2. The minimum atomic E-state index is -1.05. The molecule has 0 bridgehead atoms. The molecule has 2 N–H and O–H groups in total. The number of ether oxygens (including phenoxy) is 1. The van der Waals surface area contributed by atoms with Crippen molar-refractivity contribution in [2.75, 3.05) is 19.0 Å². The Morgan fingerprint density at radius 1 is 1.17 bits per heavy atom. The maximum absolute atomic E-state index is 14.2. The Hall–Kier alpha value is -3.03. The van der Waals surface area contributed by atoms with Crippen molar-refractivity contribution in [3.63, 3.8) is 0 Å². The fourth-order valence-corrected chi connectivity index (χ4v) is 5.59. The number of rotatable bonds is 7. The van der Waals surface area contributed by atoms with Crippen LogP contribution >= 0.6 is 0 Å². The van der Waals surface area contributed by atoms with Crippen LogP contribution in [-0.2, 0) is 16.1 Å². The Labute approximate surface area is 213 Å². The summed E-state index contributed by atoms with van der Waals surface area (Å²) in [5.41, 5.74) is 0.629. The lowest BCUT2D eigenvalue weighted by atomic mass is 9.92. The van der Waals surface area contributed by atoms with Gasteiger partial charge >= 0.3 is 0 Å². The van der Waals surface area contributed by atoms with Crippen LogP contribution in [0.1, 0.15) is 83.1 Å². The van der Waals surface area contributed by atoms with Gasteiger partial charge in [0.05, 0.1) is 24.9 Å². The highest BCUT2D eigenvalue weighted by Crippen LogP contribution is 2.40. The molecular weight excluding hydrogens is 456 g/mol. The number of fused-ring (bicyclic) bond motifs is 3. The Balaban J connectivity index is 1.81. The quantitative estimate of drug-likeness (QED) is 0.543. The molecule has 2 aromatic rings. The molecule has 0 radical (unpaired) electrons. The van der Waals surface area contributed by atoms with E-state index in [4.69, 9.17) is 4.74 Å². The first-order valence-electron chi connectivity index (χ1n) is 13.3. The molecule has 1 aliphatic heterocycles. The molecule has 1 saturated carbocycles. The average Bonchev–Trinajstić information content (AvgIpc) is 2.96. The van der Waals surface area contributed by atoms with E-state index in [-0.39, 0.29) is 23.8 Å². The molecule has 1 aliphatic carbocycles. The monoisotopic (exact) mass is 496 g/mol. The Kier molecular flexibility index (Phi) is 7.62. The lowest BCUT2D eigenvalue weighted by Crippen LogP contribution is -2.65. The molecule has 8 heteroatoms. The molecule has 1 atom stereocenters. The number of methoxy groups -OCH3 is 1. The third kappa shape index (κ3) is 4.95. The second kappa shape index (κ2) is 10.5. The van der Waals surface area contributed by atoms with Crippen molar-refractivity contribution in [3.05, 3.63) is 23.9 Å². The molecule has 196 valence electrons. The minimum absolute atomic E-state index is 0.103. The van der Waals surface area contributed by atoms with Crippen molar-refractivity contribution in [1.29, 1.82) is 0 Å². The van der Waals surface area contributed by atoms with Gasteiger partial charge in [-0.3, -0.25) is 14.4 Å². The van der Waals surface area contributed by atoms with Gasteiger partial charge in [-0.05, 0) is 50.3 Å². The zero-order valence-corrected chi connectivity index (χ0v) is 22.3. The highest BCUT2D eigenvalue weighted by Gasteiger charge is 2.49. The first-order valence-corrected chi connectivity index (χ1v) is 13.3. The summed E-state index contributed by atoms with van der Waals surface area (Å²) in [6, 6.07) is 5.71. The van der Waals surface area contributed by atoms with E-state index in [9.17, 15) is 14.4 Å². The number of carbonyl (C=O) groups excluding carboxylic acids is 3. The molecule has 1 aromatic heterocycles. The Morgan fingerprint density at radius 2 is 1.86 bits per heavy atom. The van der Waals surface area contributed by atoms with Crippen LogP contribution in [0, 0.1) is 5.92 Å². The molecule has 0 spiro atoms. The van der Waals surface area contributed by atoms with Gasteiger partial charge in [-0.15, -0.1) is 0 Å². The van der Waals surface area contributed by atoms with E-state index in [0.717, 1.165) is 43.0 Å². The van der Waals surface area contributed by atoms with Gasteiger partial charge in [0.1, 0.15) is 17.0 Å². The molecule has 1 fully saturated rings. The zero-order valence-electron chi connectivity index (χ0n) is 22.3. The van der Waals surface area contributed by atoms with Crippen LogP contribution in [0.4, 0.5) is 5.69 Å². The van der Waals surface area contributed by atoms with Crippen molar-refractivity contribution in [2.45, 2.75) is 90.8 Å². The van der Waals surface area contributed by atoms with E-state index in [1.807, 2.05) is 29.7 Å². The van der Waals surface area contributed by atoms with E-state index >= 15 is 0 Å². The molecular formula is C28H40N4O4. The van der Waals surface area contributed by atoms with Crippen LogP contribution in [0.5, 0.6) is 5.75 Å². The maximum atomic E-state index is 14.2. The van der Waals surface area contributed by atoms with Crippen molar-refractivity contribution < 1.29 is 19.1 Å². The topological polar surface area (TPSA) is 92.7 Å². The first kappa shape index (κ1) is 26.0. The molecule has 3 amide bonds. The van der Waals surface area contributed by atoms with Crippen molar-refractivity contribution in [1.82, 2.24) is 14.8 Å². The smallest absolute Gasteiger partial charge is 0.273 e. The van der Waals surface area contributed by atoms with Crippen LogP contribution in [-0.4, -0.2) is 52.4 Å². The number of carbonyl (C=O) groups is 3. The van der Waals surface area contributed by atoms with Crippen LogP contribution < -0.4 is 15.4 Å². The van der Waals surface area contributed by atoms with Gasteiger partial charge in [-0.25, -0.2) is 0 Å². The lowest BCUT2D eigenvalue weighted by molar-refractivity contribution is -0.133. The van der Waals surface area contributed by atoms with E-state index in [1.165, 1.54) is 19.8 Å². The number of benzene rings is 1. The standard InChI is InChI=1S/C28H40N4O4/c1-18(2)14-15-32-26(34)25-24(29-19(3)33)22-16-21(36-5)12-13-23(22)31(25)17-28(32,4)27(35)30-20-10-8-6-7-9-11-20/h12-13,16,18,20H,6-11,14-15,17H2,1-5H3,(H,29,33)(H,30,35)/t28-/m0/s1. The summed E-state index contributed by atoms with van der Waals surface area (Å²) in [5.74, 6) is 0.413. The Bertz CT molecular complexity index is 1150. The summed E-state index contributed by atoms with van der Waals surface area (Å²) in [5, 5.41) is 6.92. The van der Waals surface area contributed by atoms with Gasteiger partial charge in [0.25, 0.3) is 5.91 Å². The minimum Gasteiger partial charge on any atom is -0.497 e. The molecule has 2 aliphatic rings. The van der Waals surface area contributed by atoms with Crippen molar-refractivity contribution in [2.24, 2.45) is 5.92 Å². The molecule has 0 unspecified atom stereocenters. The summed E-state index contributed by atoms with van der Waals surface area (Å²) in [6.07, 6.45) is 7.38. The summed E-state index contributed by atoms with van der Waals surface area (Å²) >= 11 is 0. The van der Waals surface area contributed by atoms with Gasteiger partial charge in [0.15, 0.2) is 0 Å². The third-order valence-electron chi connectivity index (χ3n) is 7.69. The van der Waals surface area contributed by atoms with Gasteiger partial charge in [-0.2, -0.15) is 0 Å². The molecule has 2 heterocycles. The van der Waals surface area contributed by atoms with E-state index in [2.05, 4.69) is 24.5 Å². The fraction of sp³-hybridized carbons (Fsp3) is 0.607. The van der Waals surface area contributed by atoms with Crippen LogP contribution in [0.25, 0.3) is 10.9 Å². The molecule has 8 nitrogen and oxygen atoms in total. The van der Waals surface area contributed by atoms with Gasteiger partial charge < -0.3 is 24.8 Å². The number of nitrogens with one attached hydrogen (secondary N) is 2. The SMILES string of the molecule is COc1ccc2c(c1)c(NC(C)=O)c1n2C[C@@](C)(C(=O)NC2CCCCCC2)N(CCC(C)C)C1=O. The molecule has 36 heavy (non-hydrogen) atoms. The van der Waals surface area contributed by atoms with Crippen molar-refractivity contribution in [3.8, 4) is 5.75 Å². The van der Waals surface area contributed by atoms with Crippen LogP contribution in [0.2, 0.25) is 0 Å². The highest BCUT2D eigenvalue weighted by molar-refractivity contribution is 6.14. The summed E-state index contributed by atoms with van der Waals surface area (Å²) in [7, 11) is 1.59. The number of aromatic nitrogens is 1. The van der Waals surface area contributed by atoms with E-state index in [1.54, 1.807) is 12.0 Å². The predicted molar refractivity (Wildman–Crippen MR) is 141 cm³/mol. The van der Waals surface area contributed by atoms with E-state index < -0.39 is 5.54 Å². The van der Waals surface area contributed by atoms with Gasteiger partial charge in [-0.1, -0.05) is 39.5 Å². The summed E-state index contributed by atoms with van der Waals surface area (Å²) < 4.78 is 7.32. The summed E-state index contributed by atoms with van der Waals surface area (Å²) in [6.45, 7) is 8.33. The third-order valence-corrected chi connectivity index (χ3v) is 7.69. The van der Waals surface area contributed by atoms with Crippen LogP contribution in [0.15, 0.2) is 18.2 Å². The van der Waals surface area contributed by atoms with Crippen molar-refractivity contribution >= 4 is 34.3 Å². The normalized spacial score (nSPS) is 20.8. The largest absolute Gasteiger partial charge is 0.497 e. The Morgan fingerprint density at radius 3 is 2.47 bits per heavy atom. The summed E-state index contributed by atoms with van der Waals surface area (Å²) in [4.78, 5) is 42.0. The number of nitrogens with zero attached hydrogens (tertiary/aromatic N) is 2. The number of amides is 3. The molecule has 0 saturated heterocycles.